The van der Waals surface area contributed by atoms with Crippen molar-refractivity contribution in [1.82, 2.24) is 14.1 Å². The molecule has 0 aliphatic heterocycles. The van der Waals surface area contributed by atoms with Crippen molar-refractivity contribution in [1.29, 1.82) is 0 Å². The molecule has 11 aromatic rings. The Morgan fingerprint density at radius 1 is 0.351 bits per heavy atom. The molecular weight excluding hydrogens is 693 g/mol. The third-order valence-corrected chi connectivity index (χ3v) is 11.2. The van der Waals surface area contributed by atoms with Gasteiger partial charge in [0.2, 0.25) is 0 Å². The molecule has 0 atom stereocenters. The molecule has 3 heterocycles. The second-order valence-corrected chi connectivity index (χ2v) is 14.4. The number of hydrogen-bond donors (Lipinski definition) is 0. The van der Waals surface area contributed by atoms with E-state index in [4.69, 9.17) is 0 Å². The summed E-state index contributed by atoms with van der Waals surface area (Å²) in [7, 11) is 0. The predicted octanol–water partition coefficient (Wildman–Crippen LogP) is 14.1. The van der Waals surface area contributed by atoms with Gasteiger partial charge in [-0.25, -0.2) is 0 Å². The normalized spacial score (nSPS) is 11.5. The highest BCUT2D eigenvalue weighted by molar-refractivity contribution is 6.17. The zero-order valence-electron chi connectivity index (χ0n) is 31.1. The number of benzene rings is 8. The lowest BCUT2D eigenvalue weighted by molar-refractivity contribution is 1.17. The van der Waals surface area contributed by atoms with Gasteiger partial charge < -0.3 is 14.0 Å². The van der Waals surface area contributed by atoms with Crippen molar-refractivity contribution in [2.45, 2.75) is 0 Å². The van der Waals surface area contributed by atoms with Crippen molar-refractivity contribution in [2.24, 2.45) is 0 Å². The molecule has 0 unspecified atom stereocenters. The van der Waals surface area contributed by atoms with Gasteiger partial charge in [0.15, 0.2) is 0 Å². The molecule has 0 saturated carbocycles. The summed E-state index contributed by atoms with van der Waals surface area (Å²) < 4.78 is 4.74. The third-order valence-electron chi connectivity index (χ3n) is 11.2. The van der Waals surface area contributed by atoms with Gasteiger partial charge in [0.05, 0.1) is 22.1 Å². The Morgan fingerprint density at radius 3 is 1.67 bits per heavy atom. The van der Waals surface area contributed by atoms with Gasteiger partial charge in [-0.1, -0.05) is 115 Å². The van der Waals surface area contributed by atoms with E-state index in [1.54, 1.807) is 0 Å². The molecule has 268 valence electrons. The van der Waals surface area contributed by atoms with Crippen LogP contribution in [0.4, 0.5) is 17.1 Å². The molecule has 3 aromatic heterocycles. The number of para-hydroxylation sites is 3. The number of fused-ring (bicyclic) bond motifs is 6. The predicted molar refractivity (Wildman–Crippen MR) is 238 cm³/mol. The van der Waals surface area contributed by atoms with Crippen LogP contribution in [0, 0.1) is 0 Å². The Balaban J connectivity index is 1.02. The minimum Gasteiger partial charge on any atom is -0.311 e. The minimum atomic E-state index is 1.10. The molecule has 0 N–H and O–H groups in total. The summed E-state index contributed by atoms with van der Waals surface area (Å²) in [5.74, 6) is 0. The summed E-state index contributed by atoms with van der Waals surface area (Å²) in [6.07, 6.45) is 3.89. The van der Waals surface area contributed by atoms with E-state index in [2.05, 4.69) is 225 Å². The number of rotatable bonds is 7. The van der Waals surface area contributed by atoms with Crippen LogP contribution in [-0.2, 0) is 0 Å². The zero-order chi connectivity index (χ0) is 37.7. The van der Waals surface area contributed by atoms with Crippen molar-refractivity contribution < 1.29 is 0 Å². The van der Waals surface area contributed by atoms with Gasteiger partial charge in [-0.2, -0.15) is 0 Å². The van der Waals surface area contributed by atoms with Crippen LogP contribution in [0.5, 0.6) is 0 Å². The molecule has 0 saturated heterocycles. The summed E-state index contributed by atoms with van der Waals surface area (Å²) in [6.45, 7) is 0. The molecular formula is C53H36N4. The molecule has 0 bridgehead atoms. The smallest absolute Gasteiger partial charge is 0.0572 e. The number of hydrogen-bond acceptors (Lipinski definition) is 2. The van der Waals surface area contributed by atoms with Crippen molar-refractivity contribution in [3.8, 4) is 33.6 Å². The summed E-state index contributed by atoms with van der Waals surface area (Å²) in [4.78, 5) is 6.90. The standard InChI is InChI=1S/C53H36N4/c1-4-13-37(14-5-1)38-23-26-42(27-24-38)55(40-15-6-2-7-16-40)43-28-30-44(31-29-43)56-49-21-11-10-19-46(49)47-35-39(25-32-50(47)56)45-20-12-22-52-53(45)48-36-54-34-33-51(48)57(52)41-17-8-3-9-18-41/h1-36H. The zero-order valence-corrected chi connectivity index (χ0v) is 31.1. The average Bonchev–Trinajstić information content (AvgIpc) is 3.81. The van der Waals surface area contributed by atoms with E-state index in [1.807, 2.05) is 12.4 Å². The highest BCUT2D eigenvalue weighted by Gasteiger charge is 2.19. The molecule has 11 rings (SSSR count). The van der Waals surface area contributed by atoms with Crippen molar-refractivity contribution >= 4 is 60.7 Å². The summed E-state index contributed by atoms with van der Waals surface area (Å²) in [5, 5.41) is 4.80. The number of aromatic nitrogens is 3. The van der Waals surface area contributed by atoms with Crippen LogP contribution in [0.25, 0.3) is 77.2 Å². The Labute approximate surface area is 330 Å². The summed E-state index contributed by atoms with van der Waals surface area (Å²) >= 11 is 0. The van der Waals surface area contributed by atoms with Gasteiger partial charge in [-0.05, 0) is 113 Å². The number of pyridine rings is 1. The Hall–Kier alpha value is -7.69. The van der Waals surface area contributed by atoms with E-state index in [9.17, 15) is 0 Å². The van der Waals surface area contributed by atoms with Gasteiger partial charge >= 0.3 is 0 Å². The molecule has 0 fully saturated rings. The van der Waals surface area contributed by atoms with Crippen LogP contribution in [-0.4, -0.2) is 14.1 Å². The fourth-order valence-electron chi connectivity index (χ4n) is 8.64. The molecule has 0 aliphatic rings. The maximum atomic E-state index is 4.58. The fraction of sp³-hybridized carbons (Fsp3) is 0. The quantitative estimate of drug-likeness (QED) is 0.163. The first-order valence-corrected chi connectivity index (χ1v) is 19.4. The molecule has 4 nitrogen and oxygen atoms in total. The molecule has 0 aliphatic carbocycles. The molecule has 0 radical (unpaired) electrons. The van der Waals surface area contributed by atoms with Gasteiger partial charge in [-0.3, -0.25) is 4.98 Å². The van der Waals surface area contributed by atoms with Crippen LogP contribution >= 0.6 is 0 Å². The largest absolute Gasteiger partial charge is 0.311 e. The van der Waals surface area contributed by atoms with Gasteiger partial charge in [0, 0.05) is 62.4 Å². The van der Waals surface area contributed by atoms with E-state index in [1.165, 1.54) is 55.0 Å². The lowest BCUT2D eigenvalue weighted by Gasteiger charge is -2.26. The molecule has 0 spiro atoms. The first-order chi connectivity index (χ1) is 28.3. The van der Waals surface area contributed by atoms with Crippen molar-refractivity contribution in [3.63, 3.8) is 0 Å². The minimum absolute atomic E-state index is 1.10. The van der Waals surface area contributed by atoms with Crippen LogP contribution in [0.2, 0.25) is 0 Å². The SMILES string of the molecule is c1ccc(-c2ccc(N(c3ccccc3)c3ccc(-n4c5ccccc5c5cc(-c6cccc7c6c6cnccc6n7-c6ccccc6)ccc54)cc3)cc2)cc1. The topological polar surface area (TPSA) is 26.0 Å². The van der Waals surface area contributed by atoms with Gasteiger partial charge in [-0.15, -0.1) is 0 Å². The third kappa shape index (κ3) is 5.50. The summed E-state index contributed by atoms with van der Waals surface area (Å²) in [5.41, 5.74) is 15.0. The first kappa shape index (κ1) is 32.7. The maximum absolute atomic E-state index is 4.58. The maximum Gasteiger partial charge on any atom is 0.0572 e. The Kier molecular flexibility index (Phi) is 7.78. The second kappa shape index (κ2) is 13.6. The first-order valence-electron chi connectivity index (χ1n) is 19.4. The summed E-state index contributed by atoms with van der Waals surface area (Å²) in [6, 6.07) is 74.0. The van der Waals surface area contributed by atoms with Crippen molar-refractivity contribution in [3.05, 3.63) is 219 Å². The lowest BCUT2D eigenvalue weighted by Crippen LogP contribution is -2.10. The number of anilines is 3. The van der Waals surface area contributed by atoms with E-state index in [-0.39, 0.29) is 0 Å². The van der Waals surface area contributed by atoms with Gasteiger partial charge in [0.25, 0.3) is 0 Å². The van der Waals surface area contributed by atoms with Crippen LogP contribution < -0.4 is 4.90 Å². The van der Waals surface area contributed by atoms with E-state index in [0.717, 1.165) is 39.3 Å². The van der Waals surface area contributed by atoms with Crippen LogP contribution in [0.3, 0.4) is 0 Å². The Morgan fingerprint density at radius 2 is 0.895 bits per heavy atom. The van der Waals surface area contributed by atoms with Crippen LogP contribution in [0.1, 0.15) is 0 Å². The van der Waals surface area contributed by atoms with E-state index >= 15 is 0 Å². The fourth-order valence-corrected chi connectivity index (χ4v) is 8.64. The van der Waals surface area contributed by atoms with Crippen molar-refractivity contribution in [2.75, 3.05) is 4.90 Å². The van der Waals surface area contributed by atoms with Gasteiger partial charge in [0.1, 0.15) is 0 Å². The second-order valence-electron chi connectivity index (χ2n) is 14.4. The Bertz CT molecular complexity index is 3200. The number of nitrogens with zero attached hydrogens (tertiary/aromatic N) is 4. The van der Waals surface area contributed by atoms with Crippen LogP contribution in [0.15, 0.2) is 219 Å². The molecule has 4 heteroatoms. The van der Waals surface area contributed by atoms with E-state index < -0.39 is 0 Å². The monoisotopic (exact) mass is 728 g/mol. The highest BCUT2D eigenvalue weighted by Crippen LogP contribution is 2.42. The average molecular weight is 729 g/mol. The molecule has 57 heavy (non-hydrogen) atoms. The lowest BCUT2D eigenvalue weighted by atomic mass is 9.98. The van der Waals surface area contributed by atoms with E-state index in [0.29, 0.717) is 0 Å². The highest BCUT2D eigenvalue weighted by atomic mass is 15.1. The molecule has 8 aromatic carbocycles. The molecule has 0 amide bonds.